The summed E-state index contributed by atoms with van der Waals surface area (Å²) in [4.78, 5) is 172. The molecule has 4 aromatic rings. The fourth-order valence-electron chi connectivity index (χ4n) is 10.4. The molecule has 3 heterocycles. The summed E-state index contributed by atoms with van der Waals surface area (Å²) in [7, 11) is 0. The van der Waals surface area contributed by atoms with E-state index < -0.39 is 144 Å². The SMILES string of the molecule is CC[C@H](C)[C@H](NC(=O)[C@H](Cc1ccc(O)cc1)NC(=O)[C@@H](NC(=O)[C@H](CCCN=C(N)N)NC(=O)[C@@H](N)CC(=O)O)C(C)C)C(=O)N[C@@H](Cc1cnc[nH]1)C(=O)N1CCC[C@H]1C(=O)N[C@@H](Cc1ccccc1)C(=O)N[C@@H](Cc1cnc[nH]1)C(=O)N[C@@H](CC(C)C)C(=O)O.[Na]. The molecule has 11 atom stereocenters. The van der Waals surface area contributed by atoms with Crippen molar-refractivity contribution in [2.45, 2.75) is 173 Å². The Morgan fingerprint density at radius 3 is 1.67 bits per heavy atom. The van der Waals surface area contributed by atoms with E-state index in [0.29, 0.717) is 35.4 Å². The molecule has 1 fully saturated rings. The first kappa shape index (κ1) is 77.5. The number of carbonyl (C=O) groups excluding carboxylic acids is 9. The Morgan fingerprint density at radius 2 is 1.13 bits per heavy atom. The number of rotatable bonds is 37. The van der Waals surface area contributed by atoms with Gasteiger partial charge in [0.1, 0.15) is 60.1 Å². The van der Waals surface area contributed by atoms with Gasteiger partial charge in [-0.05, 0) is 73.1 Å². The second-order valence-corrected chi connectivity index (χ2v) is 23.9. The van der Waals surface area contributed by atoms with Crippen LogP contribution in [0.15, 0.2) is 84.6 Å². The van der Waals surface area contributed by atoms with Gasteiger partial charge in [0, 0.05) is 92.1 Å². The van der Waals surface area contributed by atoms with Crippen molar-refractivity contribution in [3.63, 3.8) is 0 Å². The number of guanidine groups is 1. The van der Waals surface area contributed by atoms with Crippen LogP contribution in [0, 0.1) is 17.8 Å². The minimum absolute atomic E-state index is 0. The zero-order valence-corrected chi connectivity index (χ0v) is 56.1. The quantitative estimate of drug-likeness (QED) is 0.0103. The summed E-state index contributed by atoms with van der Waals surface area (Å²) in [6.45, 7) is 10.4. The number of aliphatic imine (C=N–C) groups is 1. The first-order valence-corrected chi connectivity index (χ1v) is 30.9. The zero-order valence-electron chi connectivity index (χ0n) is 54.1. The number of aromatic amines is 2. The number of likely N-dealkylation sites (tertiary alicyclic amines) is 1. The van der Waals surface area contributed by atoms with Crippen molar-refractivity contribution in [1.82, 2.24) is 67.4 Å². The molecule has 1 aliphatic heterocycles. The molecule has 0 aliphatic carbocycles. The van der Waals surface area contributed by atoms with E-state index in [2.05, 4.69) is 67.5 Å². The van der Waals surface area contributed by atoms with Crippen LogP contribution in [0.1, 0.15) is 109 Å². The third kappa shape index (κ3) is 24.8. The maximum Gasteiger partial charge on any atom is 0.326 e. The van der Waals surface area contributed by atoms with Gasteiger partial charge in [0.2, 0.25) is 53.2 Å². The molecule has 1 saturated heterocycles. The summed E-state index contributed by atoms with van der Waals surface area (Å²) in [5, 5.41) is 50.8. The van der Waals surface area contributed by atoms with Gasteiger partial charge in [-0.2, -0.15) is 0 Å². The largest absolute Gasteiger partial charge is 0.508 e. The molecule has 1 radical (unpaired) electrons. The predicted octanol–water partition coefficient (Wildman–Crippen LogP) is -1.71. The maximum atomic E-state index is 15.1. The molecular weight excluding hydrogens is 1230 g/mol. The summed E-state index contributed by atoms with van der Waals surface area (Å²) in [6, 6.07) is 0.810. The van der Waals surface area contributed by atoms with Crippen molar-refractivity contribution in [2.24, 2.45) is 39.9 Å². The molecule has 0 unspecified atom stereocenters. The number of amides is 9. The molecule has 1 aliphatic rings. The molecule has 9 amide bonds. The molecule has 32 heteroatoms. The Morgan fingerprint density at radius 1 is 0.628 bits per heavy atom. The average Bonchev–Trinajstić information content (AvgIpc) is 1.55. The second kappa shape index (κ2) is 38.3. The molecule has 0 saturated carbocycles. The Labute approximate surface area is 566 Å². The summed E-state index contributed by atoms with van der Waals surface area (Å²) in [5.74, 6) is -11.7. The number of hydrogen-bond acceptors (Lipinski definition) is 16. The minimum Gasteiger partial charge on any atom is -0.508 e. The number of nitrogens with two attached hydrogens (primary N) is 3. The van der Waals surface area contributed by atoms with Crippen molar-refractivity contribution in [3.05, 3.63) is 102 Å². The monoisotopic (exact) mass is 1320 g/mol. The van der Waals surface area contributed by atoms with E-state index in [-0.39, 0.29) is 112 Å². The number of aliphatic carboxylic acids is 2. The second-order valence-electron chi connectivity index (χ2n) is 23.9. The summed E-state index contributed by atoms with van der Waals surface area (Å²) in [6.07, 6.45) is 5.26. The number of aromatic nitrogens is 4. The fraction of sp³-hybridized carbons (Fsp3) is 0.516. The van der Waals surface area contributed by atoms with Crippen molar-refractivity contribution in [1.29, 1.82) is 0 Å². The Hall–Kier alpha value is -8.94. The van der Waals surface area contributed by atoms with E-state index in [9.17, 15) is 63.3 Å². The number of H-pyrrole nitrogens is 2. The molecule has 0 spiro atoms. The average molecular weight is 1320 g/mol. The maximum absolute atomic E-state index is 15.1. The van der Waals surface area contributed by atoms with Crippen LogP contribution in [-0.4, -0.2) is 214 Å². The summed E-state index contributed by atoms with van der Waals surface area (Å²) in [5.41, 5.74) is 18.7. The Bertz CT molecular complexity index is 3190. The number of nitrogens with one attached hydrogen (secondary N) is 10. The number of carbonyl (C=O) groups is 11. The van der Waals surface area contributed by atoms with Gasteiger partial charge in [0.15, 0.2) is 5.96 Å². The van der Waals surface area contributed by atoms with Gasteiger partial charge in [0.05, 0.1) is 25.1 Å². The molecule has 0 bridgehead atoms. The van der Waals surface area contributed by atoms with Crippen LogP contribution in [0.25, 0.3) is 0 Å². The molecular formula is C62H89N17NaO14. The molecule has 94 heavy (non-hydrogen) atoms. The predicted molar refractivity (Wildman–Crippen MR) is 344 cm³/mol. The van der Waals surface area contributed by atoms with Crippen molar-refractivity contribution >= 4 is 101 Å². The number of phenols is 1. The van der Waals surface area contributed by atoms with E-state index in [4.69, 9.17) is 17.2 Å². The molecule has 5 rings (SSSR count). The molecule has 2 aromatic carbocycles. The summed E-state index contributed by atoms with van der Waals surface area (Å²) < 4.78 is 0. The van der Waals surface area contributed by atoms with E-state index >= 15 is 4.79 Å². The number of benzene rings is 2. The van der Waals surface area contributed by atoms with Crippen molar-refractivity contribution in [2.75, 3.05) is 13.1 Å². The van der Waals surface area contributed by atoms with Gasteiger partial charge in [-0.15, -0.1) is 0 Å². The first-order chi connectivity index (χ1) is 44.1. The van der Waals surface area contributed by atoms with E-state index in [1.807, 2.05) is 0 Å². The van der Waals surface area contributed by atoms with Crippen molar-refractivity contribution < 1.29 is 68.1 Å². The van der Waals surface area contributed by atoms with Gasteiger partial charge in [-0.3, -0.25) is 52.9 Å². The van der Waals surface area contributed by atoms with Gasteiger partial charge in [-0.1, -0.05) is 90.4 Å². The molecule has 2 aromatic heterocycles. The Balaban J connectivity index is 0.0000188. The standard InChI is InChI=1S/C62H89N17O14.Na/c1-7-35(6)51(78-56(87)44(25-37-17-19-40(80)20-18-37)74-58(89)50(34(4)5)77-53(84)42(15-11-21-68-62(64)65)71-52(83)41(63)28-49(81)82)59(90)75-46(27-39-30-67-32-70-39)60(91)79-22-12-16-48(79)57(88)73-43(24-36-13-9-8-10-14-36)54(85)72-45(26-38-29-66-31-69-38)55(86)76-47(61(92)93)23-33(2)3;/h8-10,13-14,17-20,29-35,41-48,50-51,80H,7,11-12,15-16,21-28,63H2,1-6H3,(H,66,69)(H,67,70)(H,71,83)(H,72,85)(H,73,88)(H,74,89)(H,75,90)(H,76,86)(H,77,84)(H,78,87)(H,81,82)(H,92,93)(H4,64,65,68);/t35-,41-,42-,43-,44-,45-,46-,47-,48-,50-,51-;/m0./s1. The number of nitrogens with zero attached hydrogens (tertiary/aromatic N) is 4. The number of phenolic OH excluding ortho intramolecular Hbond substituents is 1. The first-order valence-electron chi connectivity index (χ1n) is 30.9. The van der Waals surface area contributed by atoms with Gasteiger partial charge >= 0.3 is 11.9 Å². The number of carboxylic acids is 2. The van der Waals surface area contributed by atoms with Crippen LogP contribution < -0.4 is 59.7 Å². The van der Waals surface area contributed by atoms with Crippen LogP contribution in [-0.2, 0) is 78.4 Å². The minimum atomic E-state index is -1.53. The molecule has 507 valence electrons. The topological polar surface area (TPSA) is 496 Å². The normalized spacial score (nSPS) is 15.9. The zero-order chi connectivity index (χ0) is 68.5. The van der Waals surface area contributed by atoms with E-state index in [0.717, 1.165) is 0 Å². The van der Waals surface area contributed by atoms with E-state index in [1.54, 1.807) is 71.9 Å². The smallest absolute Gasteiger partial charge is 0.326 e. The fourth-order valence-corrected chi connectivity index (χ4v) is 10.4. The third-order valence-electron chi connectivity index (χ3n) is 15.6. The van der Waals surface area contributed by atoms with Crippen LogP contribution in [0.5, 0.6) is 5.75 Å². The van der Waals surface area contributed by atoms with Gasteiger partial charge in [0.25, 0.3) is 0 Å². The van der Waals surface area contributed by atoms with Crippen LogP contribution in [0.4, 0.5) is 0 Å². The number of imidazole rings is 2. The molecule has 19 N–H and O–H groups in total. The van der Waals surface area contributed by atoms with E-state index in [1.165, 1.54) is 54.2 Å². The Kier molecular flexibility index (Phi) is 31.6. The third-order valence-corrected chi connectivity index (χ3v) is 15.6. The van der Waals surface area contributed by atoms with Crippen LogP contribution in [0.3, 0.4) is 0 Å². The van der Waals surface area contributed by atoms with Crippen molar-refractivity contribution in [3.8, 4) is 5.75 Å². The number of aromatic hydroxyl groups is 1. The van der Waals surface area contributed by atoms with Crippen LogP contribution >= 0.6 is 0 Å². The number of hydrogen-bond donors (Lipinski definition) is 16. The van der Waals surface area contributed by atoms with Gasteiger partial charge in [-0.25, -0.2) is 14.8 Å². The number of carboxylic acid groups (broad SMARTS) is 2. The van der Waals surface area contributed by atoms with Crippen LogP contribution in [0.2, 0.25) is 0 Å². The molecule has 31 nitrogen and oxygen atoms in total. The summed E-state index contributed by atoms with van der Waals surface area (Å²) >= 11 is 0. The van der Waals surface area contributed by atoms with Gasteiger partial charge < -0.3 is 89.9 Å².